The molecule has 0 fully saturated rings. The number of nitrogens with zero attached hydrogens (tertiary/aromatic N) is 2. The molecule has 0 spiro atoms. The van der Waals surface area contributed by atoms with E-state index in [9.17, 15) is 0 Å². The van der Waals surface area contributed by atoms with Crippen molar-refractivity contribution in [2.45, 2.75) is 39.5 Å². The van der Waals surface area contributed by atoms with E-state index in [1.807, 2.05) is 0 Å². The van der Waals surface area contributed by atoms with Crippen molar-refractivity contribution in [2.24, 2.45) is 4.99 Å². The monoisotopic (exact) mass is 472 g/mol. The molecule has 0 radical (unpaired) electrons. The molecule has 2 rings (SSSR count). The van der Waals surface area contributed by atoms with Crippen LogP contribution in [0, 0.1) is 0 Å². The number of guanidine groups is 1. The molecule has 0 aliphatic carbocycles. The minimum atomic E-state index is 0. The van der Waals surface area contributed by atoms with Gasteiger partial charge in [0.15, 0.2) is 5.96 Å². The molecule has 4 nitrogen and oxygen atoms in total. The molecule has 0 bridgehead atoms. The van der Waals surface area contributed by atoms with Crippen LogP contribution in [0.25, 0.3) is 0 Å². The Morgan fingerprint density at radius 2 is 1.80 bits per heavy atom. The van der Waals surface area contributed by atoms with Gasteiger partial charge in [0.2, 0.25) is 0 Å². The van der Waals surface area contributed by atoms with Crippen molar-refractivity contribution in [3.8, 4) is 0 Å². The van der Waals surface area contributed by atoms with Gasteiger partial charge in [-0.05, 0) is 54.4 Å². The third-order valence-electron chi connectivity index (χ3n) is 4.13. The second-order valence-electron chi connectivity index (χ2n) is 6.19. The van der Waals surface area contributed by atoms with Crippen LogP contribution < -0.4 is 10.6 Å². The fourth-order valence-electron chi connectivity index (χ4n) is 2.31. The molecule has 1 heterocycles. The van der Waals surface area contributed by atoms with E-state index in [1.165, 1.54) is 16.7 Å². The van der Waals surface area contributed by atoms with Gasteiger partial charge >= 0.3 is 0 Å². The van der Waals surface area contributed by atoms with E-state index in [1.54, 1.807) is 18.4 Å². The van der Waals surface area contributed by atoms with Crippen LogP contribution >= 0.6 is 35.3 Å². The van der Waals surface area contributed by atoms with Crippen molar-refractivity contribution >= 4 is 41.3 Å². The third kappa shape index (κ3) is 7.33. The Morgan fingerprint density at radius 3 is 2.40 bits per heavy atom. The minimum absolute atomic E-state index is 0. The van der Waals surface area contributed by atoms with E-state index >= 15 is 0 Å². The van der Waals surface area contributed by atoms with Gasteiger partial charge in [0.05, 0.1) is 0 Å². The summed E-state index contributed by atoms with van der Waals surface area (Å²) < 4.78 is 0. The van der Waals surface area contributed by atoms with E-state index in [-0.39, 0.29) is 24.0 Å². The zero-order valence-corrected chi connectivity index (χ0v) is 18.6. The van der Waals surface area contributed by atoms with Gasteiger partial charge in [0.1, 0.15) is 0 Å². The molecule has 0 amide bonds. The Balaban J connectivity index is 0.00000312. The van der Waals surface area contributed by atoms with Crippen LogP contribution in [0.5, 0.6) is 0 Å². The van der Waals surface area contributed by atoms with Crippen LogP contribution in [-0.2, 0) is 19.6 Å². The van der Waals surface area contributed by atoms with Crippen molar-refractivity contribution < 1.29 is 0 Å². The molecule has 1 aromatic carbocycles. The van der Waals surface area contributed by atoms with E-state index < -0.39 is 0 Å². The first-order valence-electron chi connectivity index (χ1n) is 8.32. The van der Waals surface area contributed by atoms with Crippen molar-refractivity contribution in [3.05, 3.63) is 57.8 Å². The first-order chi connectivity index (χ1) is 11.6. The van der Waals surface area contributed by atoms with Crippen molar-refractivity contribution in [1.82, 2.24) is 15.5 Å². The van der Waals surface area contributed by atoms with Gasteiger partial charge in [-0.15, -0.1) is 24.0 Å². The number of hydrogen-bond acceptors (Lipinski definition) is 3. The summed E-state index contributed by atoms with van der Waals surface area (Å²) in [5.41, 5.74) is 3.94. The minimum Gasteiger partial charge on any atom is -0.352 e. The van der Waals surface area contributed by atoms with Crippen molar-refractivity contribution in [2.75, 3.05) is 14.1 Å². The number of aliphatic imine (C=N–C) groups is 1. The van der Waals surface area contributed by atoms with Gasteiger partial charge in [0, 0.05) is 32.7 Å². The smallest absolute Gasteiger partial charge is 0.191 e. The number of halogens is 1. The van der Waals surface area contributed by atoms with Crippen LogP contribution in [0.3, 0.4) is 0 Å². The summed E-state index contributed by atoms with van der Waals surface area (Å²) in [7, 11) is 3.97. The average Bonchev–Trinajstić information content (AvgIpc) is 3.09. The molecule has 0 saturated carbocycles. The van der Waals surface area contributed by atoms with Gasteiger partial charge in [-0.2, -0.15) is 11.3 Å². The normalized spacial score (nSPS) is 11.5. The second kappa shape index (κ2) is 11.5. The molecule has 0 saturated heterocycles. The number of hydrogen-bond donors (Lipinski definition) is 2. The number of thiophene rings is 1. The van der Waals surface area contributed by atoms with E-state index in [2.05, 4.69) is 82.5 Å². The largest absolute Gasteiger partial charge is 0.352 e. The fourth-order valence-corrected chi connectivity index (χ4v) is 2.98. The fraction of sp³-hybridized carbons (Fsp3) is 0.421. The number of rotatable bonds is 7. The standard InChI is InChI=1S/C19H28N4S.HI/c1-15(2)23(4)13-18-8-6-5-7-17(18)12-22-19(20-3)21-11-16-9-10-24-14-16;/h5-10,14-15H,11-13H2,1-4H3,(H2,20,21,22);1H. The first-order valence-corrected chi connectivity index (χ1v) is 9.27. The zero-order chi connectivity index (χ0) is 17.4. The lowest BCUT2D eigenvalue weighted by atomic mass is 10.1. The van der Waals surface area contributed by atoms with Crippen molar-refractivity contribution in [3.63, 3.8) is 0 Å². The van der Waals surface area contributed by atoms with Crippen LogP contribution in [0.15, 0.2) is 46.1 Å². The average molecular weight is 472 g/mol. The van der Waals surface area contributed by atoms with Crippen molar-refractivity contribution in [1.29, 1.82) is 0 Å². The maximum absolute atomic E-state index is 4.31. The van der Waals surface area contributed by atoms with Crippen LogP contribution in [0.2, 0.25) is 0 Å². The van der Waals surface area contributed by atoms with Crippen LogP contribution in [0.4, 0.5) is 0 Å². The summed E-state index contributed by atoms with van der Waals surface area (Å²) in [5, 5.41) is 11.0. The molecule has 6 heteroatoms. The summed E-state index contributed by atoms with van der Waals surface area (Å²) in [4.78, 5) is 6.66. The molecule has 2 N–H and O–H groups in total. The molecule has 1 aromatic heterocycles. The van der Waals surface area contributed by atoms with Crippen LogP contribution in [0.1, 0.15) is 30.5 Å². The predicted octanol–water partition coefficient (Wildman–Crippen LogP) is 4.07. The summed E-state index contributed by atoms with van der Waals surface area (Å²) >= 11 is 1.71. The SMILES string of the molecule is CN=C(NCc1ccsc1)NCc1ccccc1CN(C)C(C)C.I. The Morgan fingerprint density at radius 1 is 1.12 bits per heavy atom. The lowest BCUT2D eigenvalue weighted by Crippen LogP contribution is -2.36. The Hall–Kier alpha value is -1.12. The number of nitrogens with one attached hydrogen (secondary N) is 2. The van der Waals surface area contributed by atoms with Gasteiger partial charge in [-0.25, -0.2) is 0 Å². The van der Waals surface area contributed by atoms with Gasteiger partial charge in [-0.3, -0.25) is 9.89 Å². The van der Waals surface area contributed by atoms with Gasteiger partial charge in [-0.1, -0.05) is 24.3 Å². The van der Waals surface area contributed by atoms with Gasteiger partial charge < -0.3 is 10.6 Å². The highest BCUT2D eigenvalue weighted by Gasteiger charge is 2.08. The molecule has 25 heavy (non-hydrogen) atoms. The Labute approximate surface area is 172 Å². The summed E-state index contributed by atoms with van der Waals surface area (Å²) in [5.74, 6) is 0.827. The van der Waals surface area contributed by atoms with E-state index in [0.717, 1.165) is 25.6 Å². The third-order valence-corrected chi connectivity index (χ3v) is 4.86. The first kappa shape index (κ1) is 21.9. The maximum atomic E-state index is 4.31. The van der Waals surface area contributed by atoms with Crippen LogP contribution in [-0.4, -0.2) is 31.0 Å². The highest BCUT2D eigenvalue weighted by Crippen LogP contribution is 2.12. The quantitative estimate of drug-likeness (QED) is 0.363. The molecule has 0 aliphatic rings. The molecular formula is C19H29IN4S. The molecule has 138 valence electrons. The lowest BCUT2D eigenvalue weighted by molar-refractivity contribution is 0.265. The molecule has 0 unspecified atom stereocenters. The predicted molar refractivity (Wildman–Crippen MR) is 120 cm³/mol. The molecular weight excluding hydrogens is 443 g/mol. The van der Waals surface area contributed by atoms with Gasteiger partial charge in [0.25, 0.3) is 0 Å². The second-order valence-corrected chi connectivity index (χ2v) is 6.97. The highest BCUT2D eigenvalue weighted by atomic mass is 127. The molecule has 0 atom stereocenters. The summed E-state index contributed by atoms with van der Waals surface area (Å²) in [6.07, 6.45) is 0. The lowest BCUT2D eigenvalue weighted by Gasteiger charge is -2.23. The Bertz CT molecular complexity index is 641. The van der Waals surface area contributed by atoms with E-state index in [0.29, 0.717) is 6.04 Å². The molecule has 2 aromatic rings. The van der Waals surface area contributed by atoms with E-state index in [4.69, 9.17) is 0 Å². The molecule has 0 aliphatic heterocycles. The summed E-state index contributed by atoms with van der Waals surface area (Å²) in [6.45, 7) is 6.96. The maximum Gasteiger partial charge on any atom is 0.191 e. The number of benzene rings is 1. The zero-order valence-electron chi connectivity index (χ0n) is 15.5. The topological polar surface area (TPSA) is 39.7 Å². The summed E-state index contributed by atoms with van der Waals surface area (Å²) in [6, 6.07) is 11.3. The Kier molecular flexibility index (Phi) is 10.1. The highest BCUT2D eigenvalue weighted by molar-refractivity contribution is 14.0.